The van der Waals surface area contributed by atoms with Gasteiger partial charge in [-0.05, 0) is 37.8 Å². The number of nitrogens with zero attached hydrogens (tertiary/aromatic N) is 1. The molecular formula is C19H19NO6S. The number of nitriles is 1. The Balaban J connectivity index is 2.60. The number of aliphatic hydroxyl groups is 1. The topological polar surface area (TPSA) is 110 Å². The third-order valence-corrected chi connectivity index (χ3v) is 4.47. The second-order valence-electron chi connectivity index (χ2n) is 5.28. The number of carbonyl (C=O) groups excluding carboxylic acids is 2. The Hall–Kier alpha value is -2.76. The van der Waals surface area contributed by atoms with E-state index >= 15 is 0 Å². The summed E-state index contributed by atoms with van der Waals surface area (Å²) in [5.74, 6) is -1.92. The number of ether oxygens (including phenoxy) is 2. The van der Waals surface area contributed by atoms with Crippen LogP contribution < -0.4 is 0 Å². The molecule has 1 heterocycles. The minimum atomic E-state index is -1.26. The highest BCUT2D eigenvalue weighted by molar-refractivity contribution is 7.98. The molecule has 2 aromatic rings. The molecule has 0 aliphatic carbocycles. The van der Waals surface area contributed by atoms with Gasteiger partial charge >= 0.3 is 11.9 Å². The number of rotatable bonds is 7. The summed E-state index contributed by atoms with van der Waals surface area (Å²) in [5.41, 5.74) is 1.00. The Morgan fingerprint density at radius 3 is 2.19 bits per heavy atom. The fraction of sp³-hybridized carbons (Fsp3) is 0.316. The highest BCUT2D eigenvalue weighted by Crippen LogP contribution is 2.38. The number of hydrogen-bond acceptors (Lipinski definition) is 8. The molecule has 0 saturated carbocycles. The van der Waals surface area contributed by atoms with Gasteiger partial charge in [-0.25, -0.2) is 9.59 Å². The molecule has 2 rings (SSSR count). The van der Waals surface area contributed by atoms with Gasteiger partial charge in [-0.3, -0.25) is 0 Å². The first-order valence-electron chi connectivity index (χ1n) is 8.21. The van der Waals surface area contributed by atoms with Crippen molar-refractivity contribution in [2.45, 2.75) is 24.8 Å². The number of hydrogen-bond donors (Lipinski definition) is 1. The van der Waals surface area contributed by atoms with Crippen LogP contribution in [0.2, 0.25) is 0 Å². The van der Waals surface area contributed by atoms with Crippen LogP contribution >= 0.6 is 11.8 Å². The zero-order valence-corrected chi connectivity index (χ0v) is 16.0. The summed E-state index contributed by atoms with van der Waals surface area (Å²) in [4.78, 5) is 24.8. The number of furan rings is 1. The average molecular weight is 389 g/mol. The molecule has 1 N–H and O–H groups in total. The summed E-state index contributed by atoms with van der Waals surface area (Å²) in [6.45, 7) is 3.53. The Kier molecular flexibility index (Phi) is 7.05. The van der Waals surface area contributed by atoms with Crippen LogP contribution in [-0.4, -0.2) is 36.5 Å². The molecule has 1 atom stereocenters. The van der Waals surface area contributed by atoms with Gasteiger partial charge in [0.2, 0.25) is 11.5 Å². The minimum Gasteiger partial charge on any atom is -0.460 e. The molecule has 0 radical (unpaired) electrons. The van der Waals surface area contributed by atoms with Crippen LogP contribution in [0.15, 0.2) is 33.6 Å². The van der Waals surface area contributed by atoms with Gasteiger partial charge in [0, 0.05) is 0 Å². The van der Waals surface area contributed by atoms with E-state index < -0.39 is 18.0 Å². The smallest absolute Gasteiger partial charge is 0.375 e. The van der Waals surface area contributed by atoms with Crippen molar-refractivity contribution in [3.63, 3.8) is 0 Å². The number of carbonyl (C=O) groups is 2. The quantitative estimate of drug-likeness (QED) is 0.567. The molecule has 0 fully saturated rings. The van der Waals surface area contributed by atoms with E-state index in [2.05, 4.69) is 0 Å². The Morgan fingerprint density at radius 1 is 1.15 bits per heavy atom. The van der Waals surface area contributed by atoms with E-state index in [4.69, 9.17) is 19.2 Å². The van der Waals surface area contributed by atoms with E-state index in [0.29, 0.717) is 16.0 Å². The molecule has 142 valence electrons. The summed E-state index contributed by atoms with van der Waals surface area (Å²) < 4.78 is 15.4. The summed E-state index contributed by atoms with van der Waals surface area (Å²) in [7, 11) is 0. The zero-order valence-electron chi connectivity index (χ0n) is 15.1. The number of esters is 2. The van der Waals surface area contributed by atoms with Gasteiger partial charge in [-0.15, -0.1) is 11.8 Å². The summed E-state index contributed by atoms with van der Waals surface area (Å²) in [6.07, 6.45) is 0.434. The van der Waals surface area contributed by atoms with Crippen molar-refractivity contribution in [3.05, 3.63) is 52.5 Å². The van der Waals surface area contributed by atoms with Crippen molar-refractivity contribution in [1.82, 2.24) is 0 Å². The molecule has 7 nitrogen and oxygen atoms in total. The lowest BCUT2D eigenvalue weighted by Gasteiger charge is -2.13. The molecule has 0 aliphatic rings. The lowest BCUT2D eigenvalue weighted by molar-refractivity contribution is 0.0450. The first-order valence-corrected chi connectivity index (χ1v) is 9.43. The predicted octanol–water partition coefficient (Wildman–Crippen LogP) is 3.31. The molecule has 0 spiro atoms. The third kappa shape index (κ3) is 4.32. The first-order chi connectivity index (χ1) is 13.0. The van der Waals surface area contributed by atoms with Crippen molar-refractivity contribution >= 4 is 23.7 Å². The fourth-order valence-corrected chi connectivity index (χ4v) is 3.20. The van der Waals surface area contributed by atoms with Crippen LogP contribution in [0.5, 0.6) is 0 Å². The average Bonchev–Trinajstić information content (AvgIpc) is 3.07. The van der Waals surface area contributed by atoms with E-state index in [1.165, 1.54) is 0 Å². The van der Waals surface area contributed by atoms with Gasteiger partial charge in [-0.2, -0.15) is 5.26 Å². The monoisotopic (exact) mass is 389 g/mol. The van der Waals surface area contributed by atoms with Crippen molar-refractivity contribution in [1.29, 1.82) is 5.26 Å². The molecule has 1 aromatic carbocycles. The molecule has 0 aliphatic heterocycles. The standard InChI is InChI=1S/C19H19NO6S/c1-4-24-18(22)15-13(14(21)12-8-6-11(10-20)7-9-12)17(27-3)16(26-15)19(23)25-5-2/h6-9,14,21H,4-5H2,1-3H3. The molecule has 1 unspecified atom stereocenters. The van der Waals surface area contributed by atoms with E-state index in [-0.39, 0.29) is 30.3 Å². The third-order valence-electron chi connectivity index (χ3n) is 3.65. The van der Waals surface area contributed by atoms with Crippen molar-refractivity contribution in [2.24, 2.45) is 0 Å². The highest BCUT2D eigenvalue weighted by Gasteiger charge is 2.34. The van der Waals surface area contributed by atoms with E-state index in [1.807, 2.05) is 6.07 Å². The maximum absolute atomic E-state index is 12.3. The van der Waals surface area contributed by atoms with Crippen LogP contribution in [0.4, 0.5) is 0 Å². The number of aliphatic hydroxyl groups excluding tert-OH is 1. The van der Waals surface area contributed by atoms with Gasteiger partial charge in [0.1, 0.15) is 6.10 Å². The van der Waals surface area contributed by atoms with E-state index in [0.717, 1.165) is 11.8 Å². The summed E-state index contributed by atoms with van der Waals surface area (Å²) in [6, 6.07) is 8.23. The zero-order chi connectivity index (χ0) is 20.0. The number of benzene rings is 1. The van der Waals surface area contributed by atoms with Crippen LogP contribution in [-0.2, 0) is 9.47 Å². The van der Waals surface area contributed by atoms with Crippen molar-refractivity contribution in [2.75, 3.05) is 19.5 Å². The molecule has 0 amide bonds. The van der Waals surface area contributed by atoms with Crippen LogP contribution in [0.25, 0.3) is 0 Å². The largest absolute Gasteiger partial charge is 0.460 e. The van der Waals surface area contributed by atoms with Crippen molar-refractivity contribution < 1.29 is 28.6 Å². The lowest BCUT2D eigenvalue weighted by atomic mass is 10.00. The molecule has 27 heavy (non-hydrogen) atoms. The maximum atomic E-state index is 12.3. The SMILES string of the molecule is CCOC(=O)c1oc(C(=O)OCC)c(C(O)c2ccc(C#N)cc2)c1SC. The molecule has 0 saturated heterocycles. The molecular weight excluding hydrogens is 370 g/mol. The first kappa shape index (κ1) is 20.6. The molecule has 1 aromatic heterocycles. The van der Waals surface area contributed by atoms with E-state index in [9.17, 15) is 14.7 Å². The Morgan fingerprint density at radius 2 is 1.70 bits per heavy atom. The van der Waals surface area contributed by atoms with Gasteiger partial charge in [-0.1, -0.05) is 12.1 Å². The van der Waals surface area contributed by atoms with Gasteiger partial charge in [0.25, 0.3) is 0 Å². The van der Waals surface area contributed by atoms with Crippen LogP contribution in [0, 0.1) is 11.3 Å². The molecule has 8 heteroatoms. The Bertz CT molecular complexity index is 866. The van der Waals surface area contributed by atoms with Gasteiger partial charge in [0.05, 0.1) is 35.3 Å². The van der Waals surface area contributed by atoms with Crippen LogP contribution in [0.3, 0.4) is 0 Å². The summed E-state index contributed by atoms with van der Waals surface area (Å²) in [5, 5.41) is 19.8. The van der Waals surface area contributed by atoms with E-state index in [1.54, 1.807) is 44.4 Å². The predicted molar refractivity (Wildman–Crippen MR) is 97.6 cm³/mol. The van der Waals surface area contributed by atoms with Crippen LogP contribution in [0.1, 0.15) is 57.8 Å². The van der Waals surface area contributed by atoms with Gasteiger partial charge in [0.15, 0.2) is 0 Å². The lowest BCUT2D eigenvalue weighted by Crippen LogP contribution is -2.10. The summed E-state index contributed by atoms with van der Waals surface area (Å²) >= 11 is 1.15. The maximum Gasteiger partial charge on any atom is 0.375 e. The minimum absolute atomic E-state index is 0.106. The number of thioether (sulfide) groups is 1. The van der Waals surface area contributed by atoms with Gasteiger partial charge < -0.3 is 19.0 Å². The fourth-order valence-electron chi connectivity index (χ4n) is 2.47. The second-order valence-corrected chi connectivity index (χ2v) is 6.10. The molecule has 0 bridgehead atoms. The highest BCUT2D eigenvalue weighted by atomic mass is 32.2. The Labute approximate surface area is 160 Å². The normalized spacial score (nSPS) is 11.5. The second kappa shape index (κ2) is 9.26. The van der Waals surface area contributed by atoms with Crippen molar-refractivity contribution in [3.8, 4) is 6.07 Å².